The molecule has 2 heterocycles. The van der Waals surface area contributed by atoms with Crippen molar-refractivity contribution in [2.75, 3.05) is 7.05 Å². The first-order valence-electron chi connectivity index (χ1n) is 5.19. The Morgan fingerprint density at radius 1 is 1.25 bits per heavy atom. The minimum Gasteiger partial charge on any atom is -0.467 e. The summed E-state index contributed by atoms with van der Waals surface area (Å²) in [7, 11) is 1.90. The molecule has 0 saturated carbocycles. The summed E-state index contributed by atoms with van der Waals surface area (Å²) < 4.78 is 15.9. The van der Waals surface area contributed by atoms with Gasteiger partial charge in [0, 0.05) is 12.1 Å². The van der Waals surface area contributed by atoms with E-state index < -0.39 is 0 Å². The molecule has 16 heavy (non-hydrogen) atoms. The second-order valence-corrected chi connectivity index (χ2v) is 3.52. The smallest absolute Gasteiger partial charge is 0.129 e. The monoisotopic (exact) mass is 221 g/mol. The molecule has 0 saturated heterocycles. The molecule has 0 bridgehead atoms. The highest BCUT2D eigenvalue weighted by atomic mass is 16.5. The van der Waals surface area contributed by atoms with E-state index in [9.17, 15) is 0 Å². The van der Waals surface area contributed by atoms with Crippen LogP contribution in [-0.4, -0.2) is 7.05 Å². The number of nitrogens with one attached hydrogen (secondary N) is 1. The first-order valence-corrected chi connectivity index (χ1v) is 5.19. The van der Waals surface area contributed by atoms with Crippen LogP contribution >= 0.6 is 0 Å². The molecular formula is C12H15NO3. The number of furan rings is 2. The molecule has 0 atom stereocenters. The Morgan fingerprint density at radius 2 is 2.12 bits per heavy atom. The van der Waals surface area contributed by atoms with E-state index >= 15 is 0 Å². The van der Waals surface area contributed by atoms with Gasteiger partial charge in [0.15, 0.2) is 0 Å². The third kappa shape index (κ3) is 2.98. The maximum atomic E-state index is 5.45. The Labute approximate surface area is 94.2 Å². The number of ether oxygens (including phenoxy) is 1. The predicted molar refractivity (Wildman–Crippen MR) is 58.7 cm³/mol. The molecule has 0 fully saturated rings. The van der Waals surface area contributed by atoms with Gasteiger partial charge < -0.3 is 18.9 Å². The van der Waals surface area contributed by atoms with Crippen molar-refractivity contribution in [2.24, 2.45) is 0 Å². The van der Waals surface area contributed by atoms with Crippen LogP contribution < -0.4 is 5.32 Å². The highest BCUT2D eigenvalue weighted by Crippen LogP contribution is 2.10. The summed E-state index contributed by atoms with van der Waals surface area (Å²) in [5.41, 5.74) is 1.12. The summed E-state index contributed by atoms with van der Waals surface area (Å²) in [5.74, 6) is 1.65. The summed E-state index contributed by atoms with van der Waals surface area (Å²) in [5, 5.41) is 3.06. The molecule has 0 aliphatic carbocycles. The lowest BCUT2D eigenvalue weighted by atomic mass is 10.3. The minimum absolute atomic E-state index is 0.463. The largest absolute Gasteiger partial charge is 0.467 e. The summed E-state index contributed by atoms with van der Waals surface area (Å²) in [6.45, 7) is 1.74. The quantitative estimate of drug-likeness (QED) is 0.813. The molecule has 0 unspecified atom stereocenters. The van der Waals surface area contributed by atoms with Gasteiger partial charge >= 0.3 is 0 Å². The van der Waals surface area contributed by atoms with Gasteiger partial charge in [0.25, 0.3) is 0 Å². The van der Waals surface area contributed by atoms with Crippen molar-refractivity contribution in [2.45, 2.75) is 19.8 Å². The van der Waals surface area contributed by atoms with Crippen LogP contribution in [0.2, 0.25) is 0 Å². The maximum Gasteiger partial charge on any atom is 0.129 e. The fourth-order valence-corrected chi connectivity index (χ4v) is 1.45. The summed E-state index contributed by atoms with van der Waals surface area (Å²) in [4.78, 5) is 0. The average molecular weight is 221 g/mol. The van der Waals surface area contributed by atoms with E-state index in [1.165, 1.54) is 0 Å². The van der Waals surface area contributed by atoms with E-state index in [1.54, 1.807) is 12.5 Å². The molecule has 0 radical (unpaired) electrons. The van der Waals surface area contributed by atoms with Gasteiger partial charge in [-0.05, 0) is 25.2 Å². The first kappa shape index (κ1) is 11.0. The average Bonchev–Trinajstić information content (AvgIpc) is 2.90. The normalized spacial score (nSPS) is 10.8. The van der Waals surface area contributed by atoms with Crippen LogP contribution in [0.1, 0.15) is 17.1 Å². The lowest BCUT2D eigenvalue weighted by Gasteiger charge is -1.98. The molecule has 4 heteroatoms. The van der Waals surface area contributed by atoms with Crippen LogP contribution in [0.25, 0.3) is 0 Å². The summed E-state index contributed by atoms with van der Waals surface area (Å²) in [6, 6.07) is 5.71. The van der Waals surface area contributed by atoms with Crippen molar-refractivity contribution in [3.63, 3.8) is 0 Å². The molecule has 1 N–H and O–H groups in total. The Morgan fingerprint density at radius 3 is 2.88 bits per heavy atom. The number of hydrogen-bond acceptors (Lipinski definition) is 4. The van der Waals surface area contributed by atoms with Gasteiger partial charge in [-0.2, -0.15) is 0 Å². The molecule has 0 amide bonds. The first-order chi connectivity index (χ1) is 7.88. The van der Waals surface area contributed by atoms with E-state index in [2.05, 4.69) is 5.32 Å². The molecular weight excluding hydrogens is 206 g/mol. The summed E-state index contributed by atoms with van der Waals surface area (Å²) >= 11 is 0. The minimum atomic E-state index is 0.463. The van der Waals surface area contributed by atoms with E-state index in [1.807, 2.05) is 25.2 Å². The zero-order chi connectivity index (χ0) is 11.2. The van der Waals surface area contributed by atoms with Gasteiger partial charge in [0.2, 0.25) is 0 Å². The SMILES string of the molecule is CNCc1coc(COCc2ccco2)c1. The second kappa shape index (κ2) is 5.53. The van der Waals surface area contributed by atoms with E-state index in [0.29, 0.717) is 13.2 Å². The van der Waals surface area contributed by atoms with E-state index in [0.717, 1.165) is 23.6 Å². The van der Waals surface area contributed by atoms with Gasteiger partial charge in [0.05, 0.1) is 12.5 Å². The van der Waals surface area contributed by atoms with Gasteiger partial charge in [-0.3, -0.25) is 0 Å². The van der Waals surface area contributed by atoms with Crippen LogP contribution in [0.5, 0.6) is 0 Å². The third-order valence-corrected chi connectivity index (χ3v) is 2.16. The van der Waals surface area contributed by atoms with E-state index in [4.69, 9.17) is 13.6 Å². The fourth-order valence-electron chi connectivity index (χ4n) is 1.45. The van der Waals surface area contributed by atoms with Crippen molar-refractivity contribution in [1.29, 1.82) is 0 Å². The molecule has 4 nitrogen and oxygen atoms in total. The standard InChI is InChI=1S/C12H15NO3/c1-13-6-10-5-12(16-7-10)9-14-8-11-3-2-4-15-11/h2-5,7,13H,6,8-9H2,1H3. The van der Waals surface area contributed by atoms with Gasteiger partial charge in [-0.15, -0.1) is 0 Å². The van der Waals surface area contributed by atoms with Crippen molar-refractivity contribution in [3.8, 4) is 0 Å². The van der Waals surface area contributed by atoms with Crippen LogP contribution in [0.15, 0.2) is 39.6 Å². The molecule has 0 aromatic carbocycles. The highest BCUT2D eigenvalue weighted by molar-refractivity contribution is 5.11. The number of hydrogen-bond donors (Lipinski definition) is 1. The van der Waals surface area contributed by atoms with Crippen LogP contribution in [0.3, 0.4) is 0 Å². The maximum absolute atomic E-state index is 5.45. The van der Waals surface area contributed by atoms with Crippen molar-refractivity contribution < 1.29 is 13.6 Å². The zero-order valence-electron chi connectivity index (χ0n) is 9.23. The Bertz CT molecular complexity index is 406. The van der Waals surface area contributed by atoms with Crippen LogP contribution in [0.4, 0.5) is 0 Å². The van der Waals surface area contributed by atoms with Gasteiger partial charge in [-0.1, -0.05) is 0 Å². The number of rotatable bonds is 6. The fraction of sp³-hybridized carbons (Fsp3) is 0.333. The van der Waals surface area contributed by atoms with Crippen molar-refractivity contribution in [1.82, 2.24) is 5.32 Å². The van der Waals surface area contributed by atoms with E-state index in [-0.39, 0.29) is 0 Å². The van der Waals surface area contributed by atoms with Crippen molar-refractivity contribution >= 4 is 0 Å². The molecule has 2 aromatic rings. The zero-order valence-corrected chi connectivity index (χ0v) is 9.23. The highest BCUT2D eigenvalue weighted by Gasteiger charge is 2.02. The Kier molecular flexibility index (Phi) is 3.80. The molecule has 0 spiro atoms. The lowest BCUT2D eigenvalue weighted by molar-refractivity contribution is 0.0803. The Balaban J connectivity index is 1.76. The van der Waals surface area contributed by atoms with Crippen molar-refractivity contribution in [3.05, 3.63) is 47.8 Å². The topological polar surface area (TPSA) is 47.5 Å². The Hall–Kier alpha value is -1.52. The van der Waals surface area contributed by atoms with Gasteiger partial charge in [0.1, 0.15) is 24.7 Å². The summed E-state index contributed by atoms with van der Waals surface area (Å²) in [6.07, 6.45) is 3.37. The molecule has 86 valence electrons. The molecule has 0 aliphatic rings. The van der Waals surface area contributed by atoms with Crippen LogP contribution in [0, 0.1) is 0 Å². The lowest BCUT2D eigenvalue weighted by Crippen LogP contribution is -2.03. The molecule has 2 aromatic heterocycles. The molecule has 0 aliphatic heterocycles. The van der Waals surface area contributed by atoms with Crippen LogP contribution in [-0.2, 0) is 24.5 Å². The third-order valence-electron chi connectivity index (χ3n) is 2.16. The predicted octanol–water partition coefficient (Wildman–Crippen LogP) is 2.31. The second-order valence-electron chi connectivity index (χ2n) is 3.52. The molecule has 2 rings (SSSR count). The van der Waals surface area contributed by atoms with Gasteiger partial charge in [-0.25, -0.2) is 0 Å².